The van der Waals surface area contributed by atoms with Gasteiger partial charge in [-0.1, -0.05) is 6.92 Å². The molecule has 0 spiro atoms. The third-order valence-electron chi connectivity index (χ3n) is 4.85. The van der Waals surface area contributed by atoms with Crippen molar-refractivity contribution in [3.05, 3.63) is 11.8 Å². The number of ether oxygens (including phenoxy) is 1. The molecule has 0 radical (unpaired) electrons. The molecule has 7 nitrogen and oxygen atoms in total. The molecule has 0 saturated carbocycles. The van der Waals surface area contributed by atoms with E-state index in [9.17, 15) is 5.11 Å². The molecule has 1 N–H and O–H groups in total. The lowest BCUT2D eigenvalue weighted by Gasteiger charge is -2.29. The van der Waals surface area contributed by atoms with E-state index in [4.69, 9.17) is 9.15 Å². The molecule has 0 amide bonds. The van der Waals surface area contributed by atoms with Gasteiger partial charge >= 0.3 is 0 Å². The minimum Gasteiger partial charge on any atom is -0.424 e. The monoisotopic (exact) mass is 324 g/mol. The highest BCUT2D eigenvalue weighted by molar-refractivity contribution is 4.93. The highest BCUT2D eigenvalue weighted by atomic mass is 16.5. The Morgan fingerprint density at radius 2 is 2.17 bits per heavy atom. The summed E-state index contributed by atoms with van der Waals surface area (Å²) in [5, 5.41) is 18.4. The van der Waals surface area contributed by atoms with E-state index in [0.29, 0.717) is 31.0 Å². The van der Waals surface area contributed by atoms with Crippen molar-refractivity contribution >= 4 is 0 Å². The maximum Gasteiger partial charge on any atom is 0.230 e. The molecule has 7 heteroatoms. The molecule has 23 heavy (non-hydrogen) atoms. The first-order valence-corrected chi connectivity index (χ1v) is 8.70. The first kappa shape index (κ1) is 16.8. The number of aliphatic hydroxyl groups excluding tert-OH is 1. The molecule has 0 unspecified atom stereocenters. The van der Waals surface area contributed by atoms with E-state index in [1.807, 2.05) is 0 Å². The number of hydrogen-bond acceptors (Lipinski definition) is 7. The van der Waals surface area contributed by atoms with E-state index < -0.39 is 0 Å². The molecule has 2 aliphatic heterocycles. The molecule has 0 aliphatic carbocycles. The average Bonchev–Trinajstić information content (AvgIpc) is 3.11. The Labute approximate surface area is 137 Å². The second-order valence-corrected chi connectivity index (χ2v) is 6.62. The summed E-state index contributed by atoms with van der Waals surface area (Å²) in [4.78, 5) is 4.55. The largest absolute Gasteiger partial charge is 0.424 e. The van der Waals surface area contributed by atoms with Crippen molar-refractivity contribution in [1.29, 1.82) is 0 Å². The SMILES string of the molecule is CCN(Cc1nnc(C)o1)[C@H]1CN(C[C@@H]2CCCCO2)C[C@H]1O. The van der Waals surface area contributed by atoms with Gasteiger partial charge in [-0.05, 0) is 25.8 Å². The van der Waals surface area contributed by atoms with Crippen LogP contribution < -0.4 is 0 Å². The average molecular weight is 324 g/mol. The molecule has 2 fully saturated rings. The zero-order chi connectivity index (χ0) is 16.2. The number of aliphatic hydroxyl groups is 1. The van der Waals surface area contributed by atoms with Crippen LogP contribution in [0.5, 0.6) is 0 Å². The van der Waals surface area contributed by atoms with Gasteiger partial charge in [0.05, 0.1) is 24.8 Å². The van der Waals surface area contributed by atoms with Crippen LogP contribution in [0, 0.1) is 6.92 Å². The predicted molar refractivity (Wildman–Crippen MR) is 84.9 cm³/mol. The normalized spacial score (nSPS) is 29.5. The summed E-state index contributed by atoms with van der Waals surface area (Å²) in [6.45, 7) is 8.70. The van der Waals surface area contributed by atoms with Crippen molar-refractivity contribution in [1.82, 2.24) is 20.0 Å². The summed E-state index contributed by atoms with van der Waals surface area (Å²) in [5.41, 5.74) is 0. The van der Waals surface area contributed by atoms with Gasteiger partial charge in [-0.25, -0.2) is 0 Å². The molecular formula is C16H28N4O3. The number of aromatic nitrogens is 2. The Morgan fingerprint density at radius 3 is 2.83 bits per heavy atom. The predicted octanol–water partition coefficient (Wildman–Crippen LogP) is 0.814. The summed E-state index contributed by atoms with van der Waals surface area (Å²) in [6.07, 6.45) is 3.54. The number of likely N-dealkylation sites (N-methyl/N-ethyl adjacent to an activating group) is 1. The van der Waals surface area contributed by atoms with Crippen LogP contribution in [0.15, 0.2) is 4.42 Å². The second kappa shape index (κ2) is 7.70. The van der Waals surface area contributed by atoms with Crippen molar-refractivity contribution in [2.75, 3.05) is 32.8 Å². The first-order chi connectivity index (χ1) is 11.2. The Kier molecular flexibility index (Phi) is 5.63. The van der Waals surface area contributed by atoms with Crippen molar-refractivity contribution in [3.63, 3.8) is 0 Å². The topological polar surface area (TPSA) is 74.9 Å². The lowest BCUT2D eigenvalue weighted by molar-refractivity contribution is -0.00371. The van der Waals surface area contributed by atoms with Gasteiger partial charge in [0.15, 0.2) is 0 Å². The lowest BCUT2D eigenvalue weighted by Crippen LogP contribution is -2.43. The fourth-order valence-corrected chi connectivity index (χ4v) is 3.63. The van der Waals surface area contributed by atoms with Gasteiger partial charge in [-0.15, -0.1) is 10.2 Å². The van der Waals surface area contributed by atoms with Crippen molar-refractivity contribution in [2.45, 2.75) is 57.9 Å². The summed E-state index contributed by atoms with van der Waals surface area (Å²) in [6, 6.07) is 0.107. The van der Waals surface area contributed by atoms with Crippen LogP contribution in [0.3, 0.4) is 0 Å². The van der Waals surface area contributed by atoms with Gasteiger partial charge in [0, 0.05) is 33.2 Å². The molecule has 0 aromatic carbocycles. The van der Waals surface area contributed by atoms with Crippen molar-refractivity contribution in [2.24, 2.45) is 0 Å². The van der Waals surface area contributed by atoms with E-state index in [0.717, 1.165) is 32.7 Å². The number of likely N-dealkylation sites (tertiary alicyclic amines) is 1. The van der Waals surface area contributed by atoms with Crippen LogP contribution >= 0.6 is 0 Å². The van der Waals surface area contributed by atoms with Gasteiger partial charge in [-0.3, -0.25) is 9.80 Å². The molecule has 3 heterocycles. The Balaban J connectivity index is 1.55. The molecule has 1 aromatic heterocycles. The van der Waals surface area contributed by atoms with Crippen LogP contribution in [-0.2, 0) is 11.3 Å². The molecular weight excluding hydrogens is 296 g/mol. The molecule has 130 valence electrons. The minimum absolute atomic E-state index is 0.107. The molecule has 2 aliphatic rings. The lowest BCUT2D eigenvalue weighted by atomic mass is 10.1. The maximum atomic E-state index is 10.5. The second-order valence-electron chi connectivity index (χ2n) is 6.62. The standard InChI is InChI=1S/C16H28N4O3/c1-3-20(11-16-18-17-12(2)23-16)14-9-19(10-15(14)21)8-13-6-4-5-7-22-13/h13-15,21H,3-11H2,1-2H3/t13-,14-,15+/m0/s1. The highest BCUT2D eigenvalue weighted by Gasteiger charge is 2.36. The zero-order valence-electron chi connectivity index (χ0n) is 14.1. The van der Waals surface area contributed by atoms with Crippen LogP contribution in [0.4, 0.5) is 0 Å². The Bertz CT molecular complexity index is 489. The quantitative estimate of drug-likeness (QED) is 0.830. The molecule has 3 atom stereocenters. The summed E-state index contributed by atoms with van der Waals surface area (Å²) < 4.78 is 11.3. The third kappa shape index (κ3) is 4.29. The van der Waals surface area contributed by atoms with Crippen LogP contribution in [0.1, 0.15) is 38.0 Å². The van der Waals surface area contributed by atoms with E-state index in [-0.39, 0.29) is 12.1 Å². The number of nitrogens with zero attached hydrogens (tertiary/aromatic N) is 4. The highest BCUT2D eigenvalue weighted by Crippen LogP contribution is 2.21. The number of hydrogen-bond donors (Lipinski definition) is 1. The number of β-amino-alcohol motifs (C(OH)–C–C–N with tert-alkyl or cyclic N) is 1. The summed E-state index contributed by atoms with van der Waals surface area (Å²) in [5.74, 6) is 1.20. The fraction of sp³-hybridized carbons (Fsp3) is 0.875. The van der Waals surface area contributed by atoms with Crippen LogP contribution in [-0.4, -0.2) is 76.1 Å². The summed E-state index contributed by atoms with van der Waals surface area (Å²) >= 11 is 0. The van der Waals surface area contributed by atoms with Gasteiger partial charge in [-0.2, -0.15) is 0 Å². The van der Waals surface area contributed by atoms with Crippen LogP contribution in [0.25, 0.3) is 0 Å². The van der Waals surface area contributed by atoms with Crippen molar-refractivity contribution < 1.29 is 14.3 Å². The van der Waals surface area contributed by atoms with E-state index >= 15 is 0 Å². The Hall–Kier alpha value is -1.02. The number of rotatable bonds is 6. The molecule has 0 bridgehead atoms. The van der Waals surface area contributed by atoms with Gasteiger partial charge in [0.1, 0.15) is 0 Å². The van der Waals surface area contributed by atoms with E-state index in [1.165, 1.54) is 12.8 Å². The fourth-order valence-electron chi connectivity index (χ4n) is 3.63. The molecule has 2 saturated heterocycles. The zero-order valence-corrected chi connectivity index (χ0v) is 14.1. The van der Waals surface area contributed by atoms with Crippen molar-refractivity contribution in [3.8, 4) is 0 Å². The van der Waals surface area contributed by atoms with Gasteiger partial charge in [0.2, 0.25) is 11.8 Å². The van der Waals surface area contributed by atoms with E-state index in [1.54, 1.807) is 6.92 Å². The smallest absolute Gasteiger partial charge is 0.230 e. The molecule has 3 rings (SSSR count). The van der Waals surface area contributed by atoms with Gasteiger partial charge in [0.25, 0.3) is 0 Å². The maximum absolute atomic E-state index is 10.5. The molecule has 1 aromatic rings. The minimum atomic E-state index is -0.345. The Morgan fingerprint density at radius 1 is 1.30 bits per heavy atom. The van der Waals surface area contributed by atoms with E-state index in [2.05, 4.69) is 26.9 Å². The third-order valence-corrected chi connectivity index (χ3v) is 4.85. The van der Waals surface area contributed by atoms with Crippen LogP contribution in [0.2, 0.25) is 0 Å². The van der Waals surface area contributed by atoms with Gasteiger partial charge < -0.3 is 14.3 Å². The number of aryl methyl sites for hydroxylation is 1. The summed E-state index contributed by atoms with van der Waals surface area (Å²) in [7, 11) is 0. The first-order valence-electron chi connectivity index (χ1n) is 8.70.